The fraction of sp³-hybridized carbons (Fsp3) is 0.500. The lowest BCUT2D eigenvalue weighted by atomic mass is 10.0. The Balaban J connectivity index is 0.000000546. The Morgan fingerprint density at radius 1 is 1.41 bits per heavy atom. The third-order valence-electron chi connectivity index (χ3n) is 5.55. The predicted molar refractivity (Wildman–Crippen MR) is 147 cm³/mol. The van der Waals surface area contributed by atoms with E-state index in [1.165, 1.54) is 11.1 Å². The fourth-order valence-corrected chi connectivity index (χ4v) is 4.77. The summed E-state index contributed by atoms with van der Waals surface area (Å²) in [5.74, 6) is 4.54. The molecule has 5 nitrogen and oxygen atoms in total. The highest BCUT2D eigenvalue weighted by Crippen LogP contribution is 2.49. The zero-order chi connectivity index (χ0) is 25.7. The van der Waals surface area contributed by atoms with Gasteiger partial charge in [0.2, 0.25) is 0 Å². The smallest absolute Gasteiger partial charge is 0.126 e. The molecule has 1 aromatic carbocycles. The molecule has 0 radical (unpaired) electrons. The monoisotopic (exact) mass is 484 g/mol. The maximum Gasteiger partial charge on any atom is 0.126 e. The minimum atomic E-state index is -0.615. The van der Waals surface area contributed by atoms with Gasteiger partial charge in [0, 0.05) is 18.0 Å². The third kappa shape index (κ3) is 9.89. The van der Waals surface area contributed by atoms with Gasteiger partial charge < -0.3 is 14.9 Å². The predicted octanol–water partition coefficient (Wildman–Crippen LogP) is 5.85. The van der Waals surface area contributed by atoms with Crippen LogP contribution < -0.4 is 0 Å². The average Bonchev–Trinajstić information content (AvgIpc) is 3.60. The number of allylic oxidation sites excluding steroid dienone is 2. The summed E-state index contributed by atoms with van der Waals surface area (Å²) in [5.41, 5.74) is 4.83. The van der Waals surface area contributed by atoms with Crippen molar-refractivity contribution in [2.75, 3.05) is 12.4 Å². The summed E-state index contributed by atoms with van der Waals surface area (Å²) in [6, 6.07) is 6.36. The molecule has 34 heavy (non-hydrogen) atoms. The maximum absolute atomic E-state index is 9.78. The first-order valence-electron chi connectivity index (χ1n) is 11.7. The summed E-state index contributed by atoms with van der Waals surface area (Å²) in [6.45, 7) is 17.1. The zero-order valence-corrected chi connectivity index (χ0v) is 22.1. The van der Waals surface area contributed by atoms with Crippen LogP contribution in [-0.4, -0.2) is 46.5 Å². The summed E-state index contributed by atoms with van der Waals surface area (Å²) in [5, 5.41) is 27.7. The Morgan fingerprint density at radius 3 is 2.62 bits per heavy atom. The van der Waals surface area contributed by atoms with Crippen LogP contribution >= 0.6 is 11.8 Å². The molecular weight excluding hydrogens is 444 g/mol. The summed E-state index contributed by atoms with van der Waals surface area (Å²) in [7, 11) is 0. The highest BCUT2D eigenvalue weighted by Gasteiger charge is 2.43. The minimum Gasteiger partial charge on any atom is -0.495 e. The number of rotatable bonds is 11. The Morgan fingerprint density at radius 2 is 2.12 bits per heavy atom. The highest BCUT2D eigenvalue weighted by atomic mass is 32.2. The summed E-state index contributed by atoms with van der Waals surface area (Å²) >= 11 is 1.68. The molecule has 3 unspecified atom stereocenters. The Labute approximate surface area is 210 Å². The average molecular weight is 485 g/mol. The van der Waals surface area contributed by atoms with Crippen LogP contribution in [0.2, 0.25) is 0 Å². The van der Waals surface area contributed by atoms with E-state index in [2.05, 4.69) is 74.5 Å². The molecular formula is C28H40N2O3S. The van der Waals surface area contributed by atoms with Crippen LogP contribution in [0.4, 0.5) is 0 Å². The number of benzene rings is 1. The standard InChI is InChI=1S/C20H28N2O2S.C8H12O/c1-5-14(6-2)12-25-20(22-21-4)16-8-7-15(9-13(16)3)17-10-18(17)19(24)11-23;1-5-6-8(4)9-7(2)3/h5,7-9,17-19,23-24H,4,6,10-12H2,1-3H3;1,7H,4,6H2,2-3H3/b14-5+,22-20-;. The molecule has 186 valence electrons. The van der Waals surface area contributed by atoms with Gasteiger partial charge in [-0.2, -0.15) is 5.10 Å². The first-order chi connectivity index (χ1) is 16.2. The number of aliphatic hydroxyl groups excluding tert-OH is 2. The van der Waals surface area contributed by atoms with Crippen molar-refractivity contribution in [3.05, 3.63) is 58.9 Å². The van der Waals surface area contributed by atoms with Crippen LogP contribution in [0.15, 0.2) is 52.4 Å². The molecule has 0 aromatic heterocycles. The van der Waals surface area contributed by atoms with E-state index in [-0.39, 0.29) is 18.6 Å². The van der Waals surface area contributed by atoms with Crippen LogP contribution in [0.1, 0.15) is 69.6 Å². The summed E-state index contributed by atoms with van der Waals surface area (Å²) in [4.78, 5) is 0. The van der Waals surface area contributed by atoms with Crippen molar-refractivity contribution >= 4 is 23.5 Å². The molecule has 0 bridgehead atoms. The lowest BCUT2D eigenvalue weighted by molar-refractivity contribution is 0.0764. The van der Waals surface area contributed by atoms with E-state index in [1.54, 1.807) is 11.8 Å². The van der Waals surface area contributed by atoms with Crippen molar-refractivity contribution in [3.63, 3.8) is 0 Å². The number of nitrogens with zero attached hydrogens (tertiary/aromatic N) is 2. The van der Waals surface area contributed by atoms with Gasteiger partial charge in [0.25, 0.3) is 0 Å². The van der Waals surface area contributed by atoms with Gasteiger partial charge >= 0.3 is 0 Å². The first-order valence-corrected chi connectivity index (χ1v) is 12.7. The molecule has 2 N–H and O–H groups in total. The lowest BCUT2D eigenvalue weighted by Crippen LogP contribution is -2.15. The van der Waals surface area contributed by atoms with Gasteiger partial charge in [0.05, 0.1) is 25.2 Å². The quantitative estimate of drug-likeness (QED) is 0.103. The number of thioether (sulfide) groups is 1. The first kappa shape index (κ1) is 29.7. The van der Waals surface area contributed by atoms with E-state index in [4.69, 9.17) is 16.3 Å². The molecule has 6 heteroatoms. The fourth-order valence-electron chi connectivity index (χ4n) is 3.58. The van der Waals surface area contributed by atoms with E-state index in [0.717, 1.165) is 34.8 Å². The molecule has 0 heterocycles. The number of hydrogen-bond acceptors (Lipinski definition) is 6. The van der Waals surface area contributed by atoms with Crippen LogP contribution in [0.3, 0.4) is 0 Å². The van der Waals surface area contributed by atoms with Crippen molar-refractivity contribution in [2.24, 2.45) is 16.1 Å². The Kier molecular flexibility index (Phi) is 13.6. The molecule has 1 aliphatic carbocycles. The number of hydrogen-bond donors (Lipinski definition) is 2. The second-order valence-electron chi connectivity index (χ2n) is 8.55. The summed E-state index contributed by atoms with van der Waals surface area (Å²) in [6.07, 6.45) is 9.22. The number of aryl methyl sites for hydroxylation is 1. The van der Waals surface area contributed by atoms with Crippen LogP contribution in [0, 0.1) is 25.2 Å². The van der Waals surface area contributed by atoms with Gasteiger partial charge in [0.15, 0.2) is 0 Å². The topological polar surface area (TPSA) is 74.4 Å². The van der Waals surface area contributed by atoms with E-state index < -0.39 is 6.10 Å². The van der Waals surface area contributed by atoms with E-state index in [1.807, 2.05) is 13.8 Å². The van der Waals surface area contributed by atoms with Crippen molar-refractivity contribution in [1.82, 2.24) is 0 Å². The number of aliphatic hydroxyl groups is 2. The largest absolute Gasteiger partial charge is 0.495 e. The maximum atomic E-state index is 9.78. The third-order valence-corrected chi connectivity index (χ3v) is 6.64. The van der Waals surface area contributed by atoms with Gasteiger partial charge in [-0.15, -0.1) is 11.5 Å². The lowest BCUT2D eigenvalue weighted by Gasteiger charge is -2.12. The van der Waals surface area contributed by atoms with Crippen molar-refractivity contribution < 1.29 is 14.9 Å². The molecule has 0 saturated heterocycles. The second-order valence-corrected chi connectivity index (χ2v) is 9.52. The van der Waals surface area contributed by atoms with Gasteiger partial charge in [-0.3, -0.25) is 0 Å². The molecule has 3 atom stereocenters. The van der Waals surface area contributed by atoms with Crippen LogP contribution in [-0.2, 0) is 4.74 Å². The molecule has 1 saturated carbocycles. The van der Waals surface area contributed by atoms with Crippen LogP contribution in [0.25, 0.3) is 0 Å². The summed E-state index contributed by atoms with van der Waals surface area (Å²) < 4.78 is 5.15. The van der Waals surface area contributed by atoms with Gasteiger partial charge in [-0.1, -0.05) is 61.0 Å². The van der Waals surface area contributed by atoms with Gasteiger partial charge in [0.1, 0.15) is 10.8 Å². The van der Waals surface area contributed by atoms with Crippen LogP contribution in [0.5, 0.6) is 0 Å². The highest BCUT2D eigenvalue weighted by molar-refractivity contribution is 8.14. The van der Waals surface area contributed by atoms with Crippen molar-refractivity contribution in [1.29, 1.82) is 0 Å². The number of terminal acetylenes is 1. The zero-order valence-electron chi connectivity index (χ0n) is 21.3. The Bertz CT molecular complexity index is 915. The minimum absolute atomic E-state index is 0.165. The molecule has 1 fully saturated rings. The van der Waals surface area contributed by atoms with Gasteiger partial charge in [-0.25, -0.2) is 0 Å². The molecule has 1 aromatic rings. The normalized spacial score (nSPS) is 18.4. The molecule has 0 spiro atoms. The number of ether oxygens (including phenoxy) is 1. The van der Waals surface area contributed by atoms with E-state index in [0.29, 0.717) is 18.1 Å². The van der Waals surface area contributed by atoms with Crippen molar-refractivity contribution in [3.8, 4) is 12.3 Å². The molecule has 2 rings (SSSR count). The van der Waals surface area contributed by atoms with E-state index in [9.17, 15) is 5.11 Å². The van der Waals surface area contributed by atoms with E-state index >= 15 is 0 Å². The molecule has 1 aliphatic rings. The SMILES string of the molecule is C#CCC(=C)OC(C)C.C=N/N=C(\SC/C(=C/C)CC)c1ccc(C2CC2C(O)CO)cc1C. The molecule has 0 amide bonds. The molecule has 0 aliphatic heterocycles. The van der Waals surface area contributed by atoms with Crippen molar-refractivity contribution in [2.45, 2.75) is 72.0 Å². The second kappa shape index (κ2) is 15.5. The Hall–Kier alpha value is -2.33. The van der Waals surface area contributed by atoms with Gasteiger partial charge in [-0.05, 0) is 63.5 Å².